The summed E-state index contributed by atoms with van der Waals surface area (Å²) in [5, 5.41) is 12.0. The molecular formula is C28H57NO3. The molecule has 4 nitrogen and oxygen atoms in total. The minimum atomic E-state index is -0.0129. The molecule has 0 bridgehead atoms. The third-order valence-electron chi connectivity index (χ3n) is 6.26. The molecule has 0 unspecified atom stereocenters. The van der Waals surface area contributed by atoms with Gasteiger partial charge in [-0.1, -0.05) is 116 Å². The fourth-order valence-corrected chi connectivity index (χ4v) is 4.11. The maximum Gasteiger partial charge on any atom is 0.305 e. The number of rotatable bonds is 27. The van der Waals surface area contributed by atoms with E-state index in [1.807, 2.05) is 0 Å². The highest BCUT2D eigenvalue weighted by Crippen LogP contribution is 2.13. The monoisotopic (exact) mass is 455 g/mol. The molecule has 0 rings (SSSR count). The quantitative estimate of drug-likeness (QED) is 0.0983. The second-order valence-corrected chi connectivity index (χ2v) is 9.52. The number of aliphatic hydroxyl groups excluding tert-OH is 1. The third kappa shape index (κ3) is 27.4. The summed E-state index contributed by atoms with van der Waals surface area (Å²) in [5.74, 6) is -0.0129. The van der Waals surface area contributed by atoms with Crippen LogP contribution in [0.4, 0.5) is 0 Å². The molecule has 0 atom stereocenters. The molecule has 0 aliphatic carbocycles. The molecule has 0 radical (unpaired) electrons. The van der Waals surface area contributed by atoms with E-state index in [2.05, 4.69) is 12.2 Å². The second-order valence-electron chi connectivity index (χ2n) is 9.52. The van der Waals surface area contributed by atoms with E-state index in [4.69, 9.17) is 9.84 Å². The summed E-state index contributed by atoms with van der Waals surface area (Å²) in [5.41, 5.74) is 0. The maximum atomic E-state index is 11.8. The lowest BCUT2D eigenvalue weighted by Gasteiger charge is -2.06. The fourth-order valence-electron chi connectivity index (χ4n) is 4.11. The van der Waals surface area contributed by atoms with Crippen molar-refractivity contribution in [2.45, 2.75) is 148 Å². The van der Waals surface area contributed by atoms with E-state index in [0.717, 1.165) is 38.8 Å². The summed E-state index contributed by atoms with van der Waals surface area (Å²) in [6.45, 7) is 5.09. The van der Waals surface area contributed by atoms with Gasteiger partial charge >= 0.3 is 5.97 Å². The zero-order valence-corrected chi connectivity index (χ0v) is 21.6. The van der Waals surface area contributed by atoms with Gasteiger partial charge in [0.1, 0.15) is 0 Å². The number of ether oxygens (including phenoxy) is 1. The van der Waals surface area contributed by atoms with E-state index in [1.165, 1.54) is 109 Å². The molecule has 0 aromatic rings. The van der Waals surface area contributed by atoms with Crippen LogP contribution in [0.3, 0.4) is 0 Å². The Morgan fingerprint density at radius 1 is 0.594 bits per heavy atom. The van der Waals surface area contributed by atoms with E-state index in [-0.39, 0.29) is 12.6 Å². The van der Waals surface area contributed by atoms with Gasteiger partial charge in [0, 0.05) is 13.0 Å². The van der Waals surface area contributed by atoms with Gasteiger partial charge in [-0.15, -0.1) is 0 Å². The van der Waals surface area contributed by atoms with Crippen LogP contribution in [0.2, 0.25) is 0 Å². The van der Waals surface area contributed by atoms with E-state index in [9.17, 15) is 4.79 Å². The Morgan fingerprint density at radius 3 is 1.56 bits per heavy atom. The minimum absolute atomic E-state index is 0.0129. The van der Waals surface area contributed by atoms with Crippen molar-refractivity contribution in [3.05, 3.63) is 0 Å². The van der Waals surface area contributed by atoms with E-state index >= 15 is 0 Å². The number of carbonyl (C=O) groups excluding carboxylic acids is 1. The molecule has 0 fully saturated rings. The molecule has 0 saturated carbocycles. The molecule has 0 spiro atoms. The molecule has 32 heavy (non-hydrogen) atoms. The minimum Gasteiger partial charge on any atom is -0.466 e. The Labute approximate surface area is 200 Å². The van der Waals surface area contributed by atoms with E-state index in [1.54, 1.807) is 0 Å². The lowest BCUT2D eigenvalue weighted by molar-refractivity contribution is -0.143. The molecule has 0 aromatic heterocycles. The normalized spacial score (nSPS) is 11.2. The first-order valence-corrected chi connectivity index (χ1v) is 14.3. The number of nitrogens with one attached hydrogen (secondary N) is 1. The molecule has 0 heterocycles. The fraction of sp³-hybridized carbons (Fsp3) is 0.964. The third-order valence-corrected chi connectivity index (χ3v) is 6.26. The molecule has 4 heteroatoms. The number of hydrogen-bond donors (Lipinski definition) is 2. The van der Waals surface area contributed by atoms with Crippen LogP contribution >= 0.6 is 0 Å². The van der Waals surface area contributed by atoms with Gasteiger partial charge in [-0.3, -0.25) is 4.79 Å². The van der Waals surface area contributed by atoms with E-state index in [0.29, 0.717) is 13.0 Å². The highest BCUT2D eigenvalue weighted by molar-refractivity contribution is 5.69. The summed E-state index contributed by atoms with van der Waals surface area (Å²) >= 11 is 0. The highest BCUT2D eigenvalue weighted by Gasteiger charge is 2.02. The molecule has 0 aliphatic rings. The summed E-state index contributed by atoms with van der Waals surface area (Å²) in [7, 11) is 0. The van der Waals surface area contributed by atoms with Crippen LogP contribution in [0, 0.1) is 0 Å². The number of unbranched alkanes of at least 4 members (excludes halogenated alkanes) is 18. The van der Waals surface area contributed by atoms with Crippen LogP contribution in [-0.2, 0) is 9.53 Å². The van der Waals surface area contributed by atoms with Crippen LogP contribution in [-0.4, -0.2) is 37.4 Å². The maximum absolute atomic E-state index is 11.8. The molecule has 0 amide bonds. The molecule has 0 aliphatic heterocycles. The molecular weight excluding hydrogens is 398 g/mol. The Hall–Kier alpha value is -0.610. The standard InChI is InChI=1S/C28H57NO3/c1-2-3-4-5-6-7-8-9-10-11-12-13-14-18-21-27-32-28(31)23-19-16-15-17-20-24-29-25-22-26-30/h29-30H,2-27H2,1H3. The van der Waals surface area contributed by atoms with Crippen LogP contribution in [0.15, 0.2) is 0 Å². The van der Waals surface area contributed by atoms with Crippen molar-refractivity contribution in [2.24, 2.45) is 0 Å². The van der Waals surface area contributed by atoms with E-state index < -0.39 is 0 Å². The first-order valence-electron chi connectivity index (χ1n) is 14.3. The van der Waals surface area contributed by atoms with Crippen molar-refractivity contribution in [1.82, 2.24) is 5.32 Å². The average Bonchev–Trinajstić information content (AvgIpc) is 2.80. The summed E-state index contributed by atoms with van der Waals surface area (Å²) < 4.78 is 5.37. The lowest BCUT2D eigenvalue weighted by atomic mass is 10.0. The Balaban J connectivity index is 3.13. The predicted molar refractivity (Wildman–Crippen MR) is 138 cm³/mol. The van der Waals surface area contributed by atoms with Gasteiger partial charge in [0.15, 0.2) is 0 Å². The van der Waals surface area contributed by atoms with Gasteiger partial charge in [-0.2, -0.15) is 0 Å². The van der Waals surface area contributed by atoms with Crippen molar-refractivity contribution in [2.75, 3.05) is 26.3 Å². The number of aliphatic hydroxyl groups is 1. The van der Waals surface area contributed by atoms with Crippen molar-refractivity contribution >= 4 is 5.97 Å². The van der Waals surface area contributed by atoms with Gasteiger partial charge in [-0.25, -0.2) is 0 Å². The zero-order valence-electron chi connectivity index (χ0n) is 21.6. The lowest BCUT2D eigenvalue weighted by Crippen LogP contribution is -2.17. The highest BCUT2D eigenvalue weighted by atomic mass is 16.5. The smallest absolute Gasteiger partial charge is 0.305 e. The van der Waals surface area contributed by atoms with Crippen molar-refractivity contribution in [3.8, 4) is 0 Å². The van der Waals surface area contributed by atoms with Gasteiger partial charge in [0.05, 0.1) is 6.61 Å². The van der Waals surface area contributed by atoms with Crippen molar-refractivity contribution in [1.29, 1.82) is 0 Å². The van der Waals surface area contributed by atoms with Crippen LogP contribution in [0.1, 0.15) is 148 Å². The number of hydrogen-bond acceptors (Lipinski definition) is 4. The first kappa shape index (κ1) is 31.4. The van der Waals surface area contributed by atoms with Crippen molar-refractivity contribution in [3.63, 3.8) is 0 Å². The SMILES string of the molecule is CCCCCCCCCCCCCCCCCOC(=O)CCCCCCCNCCCO. The average molecular weight is 456 g/mol. The largest absolute Gasteiger partial charge is 0.466 e. The van der Waals surface area contributed by atoms with Crippen LogP contribution in [0.25, 0.3) is 0 Å². The topological polar surface area (TPSA) is 58.6 Å². The van der Waals surface area contributed by atoms with Gasteiger partial charge in [0.2, 0.25) is 0 Å². The molecule has 0 aromatic carbocycles. The molecule has 0 saturated heterocycles. The van der Waals surface area contributed by atoms with Crippen LogP contribution < -0.4 is 5.32 Å². The molecule has 2 N–H and O–H groups in total. The second kappa shape index (κ2) is 28.4. The molecule has 192 valence electrons. The van der Waals surface area contributed by atoms with Crippen LogP contribution in [0.5, 0.6) is 0 Å². The number of esters is 1. The Morgan fingerprint density at radius 2 is 1.03 bits per heavy atom. The Bertz CT molecular complexity index is 363. The summed E-state index contributed by atoms with van der Waals surface area (Å²) in [6, 6.07) is 0. The zero-order chi connectivity index (χ0) is 23.4. The summed E-state index contributed by atoms with van der Waals surface area (Å²) in [4.78, 5) is 11.8. The number of carbonyl (C=O) groups is 1. The Kier molecular flexibility index (Phi) is 27.9. The van der Waals surface area contributed by atoms with Gasteiger partial charge < -0.3 is 15.2 Å². The van der Waals surface area contributed by atoms with Gasteiger partial charge in [0.25, 0.3) is 0 Å². The van der Waals surface area contributed by atoms with Crippen molar-refractivity contribution < 1.29 is 14.6 Å². The van der Waals surface area contributed by atoms with Gasteiger partial charge in [-0.05, 0) is 38.8 Å². The summed E-state index contributed by atoms with van der Waals surface area (Å²) in [6.07, 6.45) is 27.4. The first-order chi connectivity index (χ1) is 15.8. The predicted octanol–water partition coefficient (Wildman–Crippen LogP) is 7.71.